The molecular weight excluding hydrogens is 106 g/mol. The fraction of sp³-hybridized carbons (Fsp3) is 0.200. The van der Waals surface area contributed by atoms with Crippen LogP contribution in [0.4, 0.5) is 0 Å². The summed E-state index contributed by atoms with van der Waals surface area (Å²) in [5.74, 6) is 0. The fourth-order valence-corrected chi connectivity index (χ4v) is 0.407. The zero-order valence-electron chi connectivity index (χ0n) is 4.57. The topological polar surface area (TPSA) is 21.7 Å². The van der Waals surface area contributed by atoms with Crippen LogP contribution < -0.4 is 0 Å². The van der Waals surface area contributed by atoms with Crippen molar-refractivity contribution >= 4 is 0 Å². The molecule has 0 unspecified atom stereocenters. The van der Waals surface area contributed by atoms with E-state index in [9.17, 15) is 0 Å². The van der Waals surface area contributed by atoms with Crippen molar-refractivity contribution in [3.63, 3.8) is 0 Å². The van der Waals surface area contributed by atoms with E-state index in [2.05, 4.69) is 0 Å². The van der Waals surface area contributed by atoms with Crippen LogP contribution in [0.5, 0.6) is 0 Å². The van der Waals surface area contributed by atoms with Gasteiger partial charge in [0.1, 0.15) is 12.5 Å². The molecule has 3 heteroatoms. The number of ether oxygens (including phenoxy) is 1. The molecule has 8 heavy (non-hydrogen) atoms. The summed E-state index contributed by atoms with van der Waals surface area (Å²) in [6, 6.07) is 0. The van der Waals surface area contributed by atoms with Gasteiger partial charge in [0.15, 0.2) is 0 Å². The highest BCUT2D eigenvalue weighted by Crippen LogP contribution is 1.97. The second kappa shape index (κ2) is 2.37. The van der Waals surface area contributed by atoms with Gasteiger partial charge in [0.2, 0.25) is 0 Å². The summed E-state index contributed by atoms with van der Waals surface area (Å²) in [6.45, 7) is 0. The zero-order chi connectivity index (χ0) is 5.82. The first-order chi connectivity index (χ1) is 3.93. The van der Waals surface area contributed by atoms with Crippen LogP contribution >= 0.6 is 0 Å². The van der Waals surface area contributed by atoms with Gasteiger partial charge in [0.05, 0.1) is 19.5 Å². The Labute approximate surface area is 47.8 Å². The summed E-state index contributed by atoms with van der Waals surface area (Å²) < 4.78 is 4.72. The summed E-state index contributed by atoms with van der Waals surface area (Å²) >= 11 is 0. The minimum absolute atomic E-state index is 1.53. The van der Waals surface area contributed by atoms with Crippen LogP contribution in [-0.2, 0) is 9.57 Å². The standard InChI is InChI=1S/C5H7NO2/c1-7-6-2-4-8-5-3-6/h2-5H,1H3. The molecule has 1 heterocycles. The van der Waals surface area contributed by atoms with E-state index in [4.69, 9.17) is 9.57 Å². The van der Waals surface area contributed by atoms with E-state index in [1.165, 1.54) is 17.6 Å². The molecule has 0 N–H and O–H groups in total. The molecule has 44 valence electrons. The minimum atomic E-state index is 1.53. The predicted octanol–water partition coefficient (Wildman–Crippen LogP) is 0.822. The van der Waals surface area contributed by atoms with Crippen molar-refractivity contribution in [3.05, 3.63) is 24.9 Å². The molecule has 0 saturated heterocycles. The van der Waals surface area contributed by atoms with E-state index in [-0.39, 0.29) is 0 Å². The molecule has 1 rings (SSSR count). The highest BCUT2D eigenvalue weighted by Gasteiger charge is 1.91. The number of nitrogens with zero attached hydrogens (tertiary/aromatic N) is 1. The lowest BCUT2D eigenvalue weighted by molar-refractivity contribution is -0.0508. The van der Waals surface area contributed by atoms with Crippen molar-refractivity contribution in [3.8, 4) is 0 Å². The zero-order valence-corrected chi connectivity index (χ0v) is 4.57. The maximum absolute atomic E-state index is 4.77. The Morgan fingerprint density at radius 2 is 2.00 bits per heavy atom. The molecule has 0 aromatic carbocycles. The molecule has 0 aromatic heterocycles. The molecule has 0 spiro atoms. The Morgan fingerprint density at radius 3 is 2.38 bits per heavy atom. The molecule has 0 fully saturated rings. The molecule has 1 aliphatic rings. The van der Waals surface area contributed by atoms with Crippen molar-refractivity contribution in [2.75, 3.05) is 7.11 Å². The Morgan fingerprint density at radius 1 is 1.38 bits per heavy atom. The summed E-state index contributed by atoms with van der Waals surface area (Å²) in [5, 5.41) is 1.53. The summed E-state index contributed by atoms with van der Waals surface area (Å²) in [5.41, 5.74) is 0. The van der Waals surface area contributed by atoms with Crippen LogP contribution in [0.1, 0.15) is 0 Å². The number of hydroxylamine groups is 2. The quantitative estimate of drug-likeness (QED) is 0.502. The largest absolute Gasteiger partial charge is 0.469 e. The summed E-state index contributed by atoms with van der Waals surface area (Å²) in [7, 11) is 1.58. The molecule has 1 aliphatic heterocycles. The first kappa shape index (κ1) is 5.18. The van der Waals surface area contributed by atoms with Crippen LogP contribution in [-0.4, -0.2) is 12.2 Å². The number of hydrogen-bond acceptors (Lipinski definition) is 3. The van der Waals surface area contributed by atoms with Gasteiger partial charge in [-0.05, 0) is 0 Å². The normalized spacial score (nSPS) is 16.4. The van der Waals surface area contributed by atoms with Gasteiger partial charge in [-0.3, -0.25) is 4.84 Å². The highest BCUT2D eigenvalue weighted by atomic mass is 16.7. The van der Waals surface area contributed by atoms with Crippen LogP contribution in [0.15, 0.2) is 24.9 Å². The Kier molecular flexibility index (Phi) is 1.54. The Bertz CT molecular complexity index is 108. The third-order valence-electron chi connectivity index (χ3n) is 0.784. The molecule has 0 aromatic rings. The molecule has 0 radical (unpaired) electrons. The lowest BCUT2D eigenvalue weighted by atomic mass is 10.8. The van der Waals surface area contributed by atoms with Crippen molar-refractivity contribution in [1.29, 1.82) is 0 Å². The molecule has 0 saturated carbocycles. The van der Waals surface area contributed by atoms with Gasteiger partial charge < -0.3 is 4.74 Å². The maximum atomic E-state index is 4.77. The van der Waals surface area contributed by atoms with E-state index in [0.29, 0.717) is 0 Å². The second-order valence-corrected chi connectivity index (χ2v) is 1.25. The first-order valence-corrected chi connectivity index (χ1v) is 2.25. The van der Waals surface area contributed by atoms with Gasteiger partial charge in [-0.15, -0.1) is 0 Å². The average molecular weight is 113 g/mol. The van der Waals surface area contributed by atoms with Crippen molar-refractivity contribution in [2.45, 2.75) is 0 Å². The number of hydrogen-bond donors (Lipinski definition) is 0. The van der Waals surface area contributed by atoms with Crippen molar-refractivity contribution < 1.29 is 9.57 Å². The van der Waals surface area contributed by atoms with Crippen molar-refractivity contribution in [2.24, 2.45) is 0 Å². The van der Waals surface area contributed by atoms with Crippen molar-refractivity contribution in [1.82, 2.24) is 5.06 Å². The van der Waals surface area contributed by atoms with E-state index in [0.717, 1.165) is 0 Å². The van der Waals surface area contributed by atoms with Gasteiger partial charge in [-0.1, -0.05) is 0 Å². The summed E-state index contributed by atoms with van der Waals surface area (Å²) in [4.78, 5) is 4.77. The lowest BCUT2D eigenvalue weighted by Gasteiger charge is -2.12. The van der Waals surface area contributed by atoms with E-state index in [1.54, 1.807) is 19.5 Å². The van der Waals surface area contributed by atoms with Gasteiger partial charge in [-0.25, -0.2) is 5.06 Å². The smallest absolute Gasteiger partial charge is 0.109 e. The second-order valence-electron chi connectivity index (χ2n) is 1.25. The Hall–Kier alpha value is -0.960. The Balaban J connectivity index is 2.42. The SMILES string of the molecule is CON1C=COC=C1. The first-order valence-electron chi connectivity index (χ1n) is 2.25. The van der Waals surface area contributed by atoms with E-state index in [1.807, 2.05) is 0 Å². The third kappa shape index (κ3) is 1.01. The number of rotatable bonds is 1. The van der Waals surface area contributed by atoms with Gasteiger partial charge in [0, 0.05) is 0 Å². The highest BCUT2D eigenvalue weighted by molar-refractivity contribution is 4.86. The van der Waals surface area contributed by atoms with E-state index < -0.39 is 0 Å². The van der Waals surface area contributed by atoms with Gasteiger partial charge in [-0.2, -0.15) is 0 Å². The minimum Gasteiger partial charge on any atom is -0.469 e. The monoisotopic (exact) mass is 113 g/mol. The molecule has 0 amide bonds. The molecule has 3 nitrogen and oxygen atoms in total. The lowest BCUT2D eigenvalue weighted by Crippen LogP contribution is -2.08. The third-order valence-corrected chi connectivity index (χ3v) is 0.784. The van der Waals surface area contributed by atoms with Crippen LogP contribution in [0.3, 0.4) is 0 Å². The fourth-order valence-electron chi connectivity index (χ4n) is 0.407. The molecule has 0 bridgehead atoms. The summed E-state index contributed by atoms with van der Waals surface area (Å²) in [6.07, 6.45) is 6.40. The maximum Gasteiger partial charge on any atom is 0.109 e. The van der Waals surface area contributed by atoms with Crippen LogP contribution in [0, 0.1) is 0 Å². The molecule has 0 aliphatic carbocycles. The molecule has 0 atom stereocenters. The van der Waals surface area contributed by atoms with Crippen LogP contribution in [0.2, 0.25) is 0 Å². The van der Waals surface area contributed by atoms with E-state index >= 15 is 0 Å². The molecular formula is C5H7NO2. The van der Waals surface area contributed by atoms with Gasteiger partial charge >= 0.3 is 0 Å². The average Bonchev–Trinajstić information content (AvgIpc) is 1.90. The van der Waals surface area contributed by atoms with Crippen LogP contribution in [0.25, 0.3) is 0 Å². The predicted molar refractivity (Wildman–Crippen MR) is 28.2 cm³/mol. The van der Waals surface area contributed by atoms with Gasteiger partial charge in [0.25, 0.3) is 0 Å².